The Morgan fingerprint density at radius 3 is 2.29 bits per heavy atom. The summed E-state index contributed by atoms with van der Waals surface area (Å²) in [6, 6.07) is 21.6. The number of fused-ring (bicyclic) bond motifs is 1. The van der Waals surface area contributed by atoms with Gasteiger partial charge in [-0.1, -0.05) is 66.2 Å². The minimum absolute atomic E-state index is 0.00622. The highest BCUT2D eigenvalue weighted by molar-refractivity contribution is 6.17. The van der Waals surface area contributed by atoms with Gasteiger partial charge in [-0.2, -0.15) is 0 Å². The van der Waals surface area contributed by atoms with Gasteiger partial charge in [0.15, 0.2) is 11.4 Å². The van der Waals surface area contributed by atoms with E-state index < -0.39 is 11.6 Å². The number of hydrogen-bond acceptors (Lipinski definition) is 4. The van der Waals surface area contributed by atoms with E-state index in [9.17, 15) is 9.59 Å². The lowest BCUT2D eigenvalue weighted by molar-refractivity contribution is -0.159. The van der Waals surface area contributed by atoms with Gasteiger partial charge in [0, 0.05) is 28.7 Å². The minimum atomic E-state index is -1.23. The summed E-state index contributed by atoms with van der Waals surface area (Å²) >= 11 is 0. The Hall–Kier alpha value is -4.16. The molecule has 0 aliphatic rings. The van der Waals surface area contributed by atoms with Crippen LogP contribution in [0.25, 0.3) is 17.0 Å². The van der Waals surface area contributed by atoms with E-state index in [0.717, 1.165) is 33.3 Å². The fourth-order valence-electron chi connectivity index (χ4n) is 4.35. The second-order valence-electron chi connectivity index (χ2n) is 9.90. The monoisotopic (exact) mass is 511 g/mol. The van der Waals surface area contributed by atoms with E-state index in [2.05, 4.69) is 16.7 Å². The lowest BCUT2D eigenvalue weighted by atomic mass is 9.99. The number of aliphatic carboxylic acids is 1. The number of methoxy groups -OCH3 is 1. The smallest absolute Gasteiger partial charge is 0.335 e. The molecule has 1 aromatic heterocycles. The average molecular weight is 512 g/mol. The van der Waals surface area contributed by atoms with Gasteiger partial charge in [-0.05, 0) is 57.0 Å². The minimum Gasteiger partial charge on any atom is -0.497 e. The van der Waals surface area contributed by atoms with Crippen LogP contribution in [-0.2, 0) is 16.1 Å². The topological polar surface area (TPSA) is 77.8 Å². The average Bonchev–Trinajstić information content (AvgIpc) is 3.17. The normalized spacial score (nSPS) is 11.8. The predicted molar refractivity (Wildman–Crippen MR) is 150 cm³/mol. The molecular weight excluding hydrogens is 478 g/mol. The van der Waals surface area contributed by atoms with Crippen LogP contribution in [0.1, 0.15) is 52.2 Å². The number of carboxylic acid groups (broad SMARTS) is 1. The van der Waals surface area contributed by atoms with Gasteiger partial charge in [-0.25, -0.2) is 4.79 Å². The molecule has 0 unspecified atom stereocenters. The Morgan fingerprint density at radius 1 is 0.974 bits per heavy atom. The molecule has 4 aromatic rings. The number of carboxylic acids is 1. The molecule has 0 bridgehead atoms. The zero-order valence-electron chi connectivity index (χ0n) is 22.4. The number of aryl methyl sites for hydroxylation is 1. The Labute approximate surface area is 223 Å². The molecule has 4 rings (SSSR count). The van der Waals surface area contributed by atoms with Crippen molar-refractivity contribution in [1.82, 2.24) is 4.57 Å². The first-order chi connectivity index (χ1) is 18.1. The van der Waals surface area contributed by atoms with Crippen LogP contribution in [0.3, 0.4) is 0 Å². The first-order valence-electron chi connectivity index (χ1n) is 12.5. The first-order valence-corrected chi connectivity index (χ1v) is 12.5. The third kappa shape index (κ3) is 5.71. The van der Waals surface area contributed by atoms with Crippen molar-refractivity contribution in [2.24, 2.45) is 0 Å². The molecule has 196 valence electrons. The zero-order chi connectivity index (χ0) is 27.4. The van der Waals surface area contributed by atoms with E-state index in [-0.39, 0.29) is 12.4 Å². The SMILES string of the molecule is COc1ccc2c(c1)c(C(=O)c1ccc(C)cc1)c(C)n2Cc1ccc(/C=C/COC(C)(C)C(=O)O)cc1. The van der Waals surface area contributed by atoms with Gasteiger partial charge in [-0.15, -0.1) is 0 Å². The van der Waals surface area contributed by atoms with Crippen LogP contribution < -0.4 is 4.74 Å². The quantitative estimate of drug-likeness (QED) is 0.248. The van der Waals surface area contributed by atoms with E-state index in [4.69, 9.17) is 14.6 Å². The first kappa shape index (κ1) is 26.9. The summed E-state index contributed by atoms with van der Waals surface area (Å²) in [7, 11) is 1.63. The van der Waals surface area contributed by atoms with Gasteiger partial charge in [0.1, 0.15) is 5.75 Å². The molecule has 0 saturated carbocycles. The fourth-order valence-corrected chi connectivity index (χ4v) is 4.35. The highest BCUT2D eigenvalue weighted by atomic mass is 16.5. The van der Waals surface area contributed by atoms with Crippen LogP contribution in [0.4, 0.5) is 0 Å². The predicted octanol–water partition coefficient (Wildman–Crippen LogP) is 6.44. The molecule has 6 heteroatoms. The van der Waals surface area contributed by atoms with E-state index in [1.807, 2.05) is 74.5 Å². The molecule has 6 nitrogen and oxygen atoms in total. The fraction of sp³-hybridized carbons (Fsp3) is 0.250. The zero-order valence-corrected chi connectivity index (χ0v) is 22.4. The summed E-state index contributed by atoms with van der Waals surface area (Å²) in [6.45, 7) is 7.86. The number of aromatic nitrogens is 1. The third-order valence-corrected chi connectivity index (χ3v) is 6.76. The molecule has 0 aliphatic carbocycles. The second kappa shape index (κ2) is 11.1. The van der Waals surface area contributed by atoms with Crippen LogP contribution in [0.15, 0.2) is 72.8 Å². The lowest BCUT2D eigenvalue weighted by Crippen LogP contribution is -2.34. The van der Waals surface area contributed by atoms with Crippen LogP contribution in [-0.4, -0.2) is 40.7 Å². The summed E-state index contributed by atoms with van der Waals surface area (Å²) in [4.78, 5) is 24.8. The van der Waals surface area contributed by atoms with Crippen LogP contribution in [0, 0.1) is 13.8 Å². The Balaban J connectivity index is 1.60. The molecule has 0 radical (unpaired) electrons. The van der Waals surface area contributed by atoms with Crippen molar-refractivity contribution < 1.29 is 24.2 Å². The van der Waals surface area contributed by atoms with Gasteiger partial charge in [0.25, 0.3) is 0 Å². The Kier molecular flexibility index (Phi) is 7.83. The third-order valence-electron chi connectivity index (χ3n) is 6.76. The number of ketones is 1. The van der Waals surface area contributed by atoms with Crippen molar-refractivity contribution in [2.45, 2.75) is 39.8 Å². The summed E-state index contributed by atoms with van der Waals surface area (Å²) in [5.41, 5.74) is 5.18. The number of benzene rings is 3. The summed E-state index contributed by atoms with van der Waals surface area (Å²) in [5.74, 6) is -0.294. The number of nitrogens with zero attached hydrogens (tertiary/aromatic N) is 1. The molecule has 3 aromatic carbocycles. The van der Waals surface area contributed by atoms with E-state index >= 15 is 0 Å². The van der Waals surface area contributed by atoms with Crippen molar-refractivity contribution in [2.75, 3.05) is 13.7 Å². The van der Waals surface area contributed by atoms with Gasteiger partial charge in [0.2, 0.25) is 0 Å². The Bertz CT molecular complexity index is 1490. The largest absolute Gasteiger partial charge is 0.497 e. The number of ether oxygens (including phenoxy) is 2. The molecule has 1 N–H and O–H groups in total. The van der Waals surface area contributed by atoms with Crippen LogP contribution in [0.5, 0.6) is 5.75 Å². The maximum absolute atomic E-state index is 13.6. The molecule has 0 fully saturated rings. The molecule has 0 spiro atoms. The maximum Gasteiger partial charge on any atom is 0.335 e. The molecule has 0 aliphatic heterocycles. The van der Waals surface area contributed by atoms with Crippen molar-refractivity contribution in [3.8, 4) is 5.75 Å². The van der Waals surface area contributed by atoms with Gasteiger partial charge >= 0.3 is 5.97 Å². The van der Waals surface area contributed by atoms with E-state index in [1.54, 1.807) is 13.2 Å². The standard InChI is InChI=1S/C32H33NO5/c1-21-8-14-25(15-9-21)30(34)29-22(2)33(28-17-16-26(37-5)19-27(28)29)20-24-12-10-23(11-13-24)7-6-18-38-32(3,4)31(35)36/h6-17,19H,18,20H2,1-5H3,(H,35,36)/b7-6+. The van der Waals surface area contributed by atoms with Crippen molar-refractivity contribution in [1.29, 1.82) is 0 Å². The molecule has 0 saturated heterocycles. The summed E-state index contributed by atoms with van der Waals surface area (Å²) in [5, 5.41) is 10.0. The van der Waals surface area contributed by atoms with Gasteiger partial charge < -0.3 is 19.1 Å². The van der Waals surface area contributed by atoms with Gasteiger partial charge in [-0.3, -0.25) is 4.79 Å². The van der Waals surface area contributed by atoms with Crippen LogP contribution >= 0.6 is 0 Å². The highest BCUT2D eigenvalue weighted by Crippen LogP contribution is 2.32. The maximum atomic E-state index is 13.6. The highest BCUT2D eigenvalue weighted by Gasteiger charge is 2.27. The Morgan fingerprint density at radius 2 is 1.66 bits per heavy atom. The number of carbonyl (C=O) groups excluding carboxylic acids is 1. The lowest BCUT2D eigenvalue weighted by Gasteiger charge is -2.18. The van der Waals surface area contributed by atoms with Crippen molar-refractivity contribution in [3.63, 3.8) is 0 Å². The van der Waals surface area contributed by atoms with Gasteiger partial charge in [0.05, 0.1) is 19.3 Å². The molecule has 0 amide bonds. The number of carbonyl (C=O) groups is 2. The van der Waals surface area contributed by atoms with Crippen LogP contribution in [0.2, 0.25) is 0 Å². The van der Waals surface area contributed by atoms with E-state index in [0.29, 0.717) is 23.4 Å². The molecule has 0 atom stereocenters. The molecular formula is C32H33NO5. The number of rotatable bonds is 10. The molecule has 38 heavy (non-hydrogen) atoms. The van der Waals surface area contributed by atoms with Crippen molar-refractivity contribution in [3.05, 3.63) is 106 Å². The van der Waals surface area contributed by atoms with E-state index in [1.165, 1.54) is 13.8 Å². The second-order valence-corrected chi connectivity index (χ2v) is 9.90. The summed E-state index contributed by atoms with van der Waals surface area (Å²) in [6.07, 6.45) is 3.71. The number of hydrogen-bond donors (Lipinski definition) is 1. The molecule has 1 heterocycles. The summed E-state index contributed by atoms with van der Waals surface area (Å²) < 4.78 is 13.1. The van der Waals surface area contributed by atoms with Crippen molar-refractivity contribution >= 4 is 28.7 Å².